The van der Waals surface area contributed by atoms with E-state index in [1.807, 2.05) is 19.9 Å². The smallest absolute Gasteiger partial charge is 0.234 e. The molecule has 3 saturated heterocycles. The number of ether oxygens (including phenoxy) is 1. The normalized spacial score (nSPS) is 17.2. The van der Waals surface area contributed by atoms with Gasteiger partial charge in [0, 0.05) is 63.6 Å². The van der Waals surface area contributed by atoms with Crippen LogP contribution in [0, 0.1) is 12.7 Å². The van der Waals surface area contributed by atoms with E-state index in [0.29, 0.717) is 36.1 Å². The minimum Gasteiger partial charge on any atom is -0.489 e. The summed E-state index contributed by atoms with van der Waals surface area (Å²) in [4.78, 5) is 40.8. The second-order valence-corrected chi connectivity index (χ2v) is 23.3. The predicted molar refractivity (Wildman–Crippen MR) is 295 cm³/mol. The second kappa shape index (κ2) is 25.6. The largest absolute Gasteiger partial charge is 0.489 e. The number of aryl methyl sites for hydroxylation is 1. The highest BCUT2D eigenvalue weighted by atomic mass is 35.5. The van der Waals surface area contributed by atoms with Crippen molar-refractivity contribution in [1.29, 1.82) is 0 Å². The Morgan fingerprint density at radius 2 is 1.61 bits per heavy atom. The minimum atomic E-state index is -3.58. The van der Waals surface area contributed by atoms with Gasteiger partial charge in [0.2, 0.25) is 11.9 Å². The highest BCUT2D eigenvalue weighted by Crippen LogP contribution is 2.39. The van der Waals surface area contributed by atoms with Gasteiger partial charge in [-0.3, -0.25) is 14.6 Å². The Kier molecular flexibility index (Phi) is 18.8. The summed E-state index contributed by atoms with van der Waals surface area (Å²) in [7, 11) is -3.58. The number of aromatic nitrogens is 4. The summed E-state index contributed by atoms with van der Waals surface area (Å²) in [6.45, 7) is 18.8. The van der Waals surface area contributed by atoms with E-state index in [0.717, 1.165) is 133 Å². The number of halogens is 2. The monoisotopic (exact) mass is 1050 g/mol. The number of nitrogens with zero attached hydrogens (tertiary/aromatic N) is 8. The summed E-state index contributed by atoms with van der Waals surface area (Å²) in [5.74, 6) is 3.19. The van der Waals surface area contributed by atoms with Crippen LogP contribution in [0.2, 0.25) is 5.02 Å². The number of carbonyl (C=O) groups is 1. The third-order valence-electron chi connectivity index (χ3n) is 14.2. The average molecular weight is 1050 g/mol. The van der Waals surface area contributed by atoms with E-state index in [-0.39, 0.29) is 45.6 Å². The molecule has 2 aromatic heterocycles. The van der Waals surface area contributed by atoms with Crippen LogP contribution < -0.4 is 35.8 Å². The van der Waals surface area contributed by atoms with Gasteiger partial charge in [0.1, 0.15) is 34.6 Å². The lowest BCUT2D eigenvalue weighted by Crippen LogP contribution is -2.47. The number of anilines is 7. The molecule has 0 radical (unpaired) electrons. The molecule has 3 aliphatic heterocycles. The molecular formula is C55H74ClFN12O4S. The minimum absolute atomic E-state index is 0.0845. The maximum Gasteiger partial charge on any atom is 0.234 e. The molecule has 1 amide bonds. The number of para-hydroxylation sites is 1. The number of hydrogen-bond donors (Lipinski definition) is 4. The Balaban J connectivity index is 0.722. The van der Waals surface area contributed by atoms with Crippen molar-refractivity contribution in [2.45, 2.75) is 114 Å². The van der Waals surface area contributed by atoms with Crippen LogP contribution in [0.25, 0.3) is 0 Å². The van der Waals surface area contributed by atoms with Crippen molar-refractivity contribution < 1.29 is 22.3 Å². The van der Waals surface area contributed by atoms with E-state index in [4.69, 9.17) is 16.3 Å². The zero-order chi connectivity index (χ0) is 52.2. The Labute approximate surface area is 442 Å². The summed E-state index contributed by atoms with van der Waals surface area (Å²) < 4.78 is 46.5. The highest BCUT2D eigenvalue weighted by molar-refractivity contribution is 7.92. The van der Waals surface area contributed by atoms with Crippen LogP contribution in [0.4, 0.5) is 44.9 Å². The van der Waals surface area contributed by atoms with Crippen molar-refractivity contribution in [3.05, 3.63) is 101 Å². The summed E-state index contributed by atoms with van der Waals surface area (Å²) in [6.07, 6.45) is 11.3. The van der Waals surface area contributed by atoms with E-state index in [1.54, 1.807) is 56.6 Å². The molecule has 3 aromatic carbocycles. The molecule has 0 spiro atoms. The number of piperidine rings is 2. The van der Waals surface area contributed by atoms with E-state index in [9.17, 15) is 17.6 Å². The summed E-state index contributed by atoms with van der Waals surface area (Å²) in [5.41, 5.74) is 4.33. The van der Waals surface area contributed by atoms with Crippen LogP contribution in [0.15, 0.2) is 84.1 Å². The molecule has 3 aliphatic rings. The van der Waals surface area contributed by atoms with Crippen LogP contribution in [-0.2, 0) is 14.6 Å². The number of piperazine rings is 1. The molecule has 19 heteroatoms. The third kappa shape index (κ3) is 14.7. The predicted octanol–water partition coefficient (Wildman–Crippen LogP) is 9.58. The van der Waals surface area contributed by atoms with Crippen molar-refractivity contribution in [3.63, 3.8) is 0 Å². The van der Waals surface area contributed by atoms with Crippen molar-refractivity contribution >= 4 is 67.8 Å². The number of rotatable bonds is 22. The number of benzene rings is 3. The topological polar surface area (TPSA) is 173 Å². The fraction of sp³-hybridized carbons (Fsp3) is 0.509. The molecule has 16 nitrogen and oxygen atoms in total. The molecule has 74 heavy (non-hydrogen) atoms. The molecule has 0 bridgehead atoms. The van der Waals surface area contributed by atoms with Gasteiger partial charge in [-0.25, -0.2) is 27.8 Å². The zero-order valence-corrected chi connectivity index (χ0v) is 45.2. The van der Waals surface area contributed by atoms with E-state index in [1.165, 1.54) is 17.8 Å². The molecule has 5 aromatic rings. The Morgan fingerprint density at radius 1 is 0.824 bits per heavy atom. The first-order chi connectivity index (χ1) is 35.7. The Hall–Kier alpha value is -5.82. The number of carbonyl (C=O) groups excluding carboxylic acids is 1. The lowest BCUT2D eigenvalue weighted by molar-refractivity contribution is -0.122. The van der Waals surface area contributed by atoms with Gasteiger partial charge < -0.3 is 35.8 Å². The van der Waals surface area contributed by atoms with E-state index >= 15 is 0 Å². The number of likely N-dealkylation sites (tertiary alicyclic amines) is 1. The van der Waals surface area contributed by atoms with Crippen molar-refractivity contribution in [2.75, 3.05) is 97.7 Å². The maximum absolute atomic E-state index is 13.9. The number of hydrogen-bond acceptors (Lipinski definition) is 15. The fourth-order valence-electron chi connectivity index (χ4n) is 10.1. The lowest BCUT2D eigenvalue weighted by atomic mass is 9.86. The van der Waals surface area contributed by atoms with Crippen LogP contribution in [0.1, 0.15) is 96.1 Å². The van der Waals surface area contributed by atoms with Gasteiger partial charge in [-0.15, -0.1) is 0 Å². The van der Waals surface area contributed by atoms with Gasteiger partial charge in [0.25, 0.3) is 0 Å². The van der Waals surface area contributed by atoms with Crippen LogP contribution >= 0.6 is 11.6 Å². The van der Waals surface area contributed by atoms with Gasteiger partial charge in [-0.1, -0.05) is 42.6 Å². The summed E-state index contributed by atoms with van der Waals surface area (Å²) in [6, 6.07) is 20.0. The number of unbranched alkanes of at least 4 members (excludes halogenated alkanes) is 3. The standard InChI is InChI=1S/C55H74ClFN12O4S/c1-38(2)73-49-32-45(40(5)30-48(49)64-55-59-34-46(56)54(65-55)63-47-17-8-9-18-50(47)74(71,72)39(3)4)41-19-24-67(25-20-41)36-53(70)58-21-10-6-7-11-22-66-26-28-68(29-27-66)52-33-51(60-37-61-52)62-43-15-13-23-69(35-43)44-16-12-14-42(57)31-44/h8-9,12,14,16-18,30-34,37-39,41,43H,6-7,10-11,13,15,19-29,35-36H2,1-5H3,(H,58,70)(H,60,61,62)(H2,59,63,64,65)/t43-/m1/s1. The molecule has 3 fully saturated rings. The van der Waals surface area contributed by atoms with Crippen molar-refractivity contribution in [2.24, 2.45) is 0 Å². The highest BCUT2D eigenvalue weighted by Gasteiger charge is 2.27. The molecule has 0 aliphatic carbocycles. The van der Waals surface area contributed by atoms with Gasteiger partial charge in [-0.05, 0) is 152 Å². The fourth-order valence-corrected chi connectivity index (χ4v) is 11.5. The average Bonchev–Trinajstić information content (AvgIpc) is 3.38. The van der Waals surface area contributed by atoms with Crippen LogP contribution in [0.3, 0.4) is 0 Å². The SMILES string of the molecule is Cc1cc(Nc2ncc(Cl)c(Nc3ccccc3S(=O)(=O)C(C)C)n2)c(OC(C)C)cc1C1CCN(CC(=O)NCCCCCCN2CCN(c3cc(N[C@@H]4CCCN(c5cccc(F)c5)C4)ncn3)CC2)CC1. The Bertz CT molecular complexity index is 2770. The summed E-state index contributed by atoms with van der Waals surface area (Å²) >= 11 is 6.53. The Morgan fingerprint density at radius 3 is 2.38 bits per heavy atom. The first kappa shape index (κ1) is 54.4. The molecule has 398 valence electrons. The van der Waals surface area contributed by atoms with Gasteiger partial charge in [0.05, 0.1) is 40.4 Å². The third-order valence-corrected chi connectivity index (χ3v) is 16.7. The lowest BCUT2D eigenvalue weighted by Gasteiger charge is -2.36. The number of sulfone groups is 1. The maximum atomic E-state index is 13.9. The quantitative estimate of drug-likeness (QED) is 0.0483. The van der Waals surface area contributed by atoms with Gasteiger partial charge in [-0.2, -0.15) is 4.98 Å². The molecular weight excluding hydrogens is 979 g/mol. The number of nitrogens with one attached hydrogen (secondary N) is 4. The van der Waals surface area contributed by atoms with E-state index in [2.05, 4.69) is 85.9 Å². The van der Waals surface area contributed by atoms with Gasteiger partial charge in [0.15, 0.2) is 15.7 Å². The van der Waals surface area contributed by atoms with Crippen LogP contribution in [0.5, 0.6) is 5.75 Å². The molecule has 4 N–H and O–H groups in total. The molecule has 0 saturated carbocycles. The molecule has 8 rings (SSSR count). The van der Waals surface area contributed by atoms with E-state index < -0.39 is 15.1 Å². The number of amides is 1. The van der Waals surface area contributed by atoms with Crippen molar-refractivity contribution in [1.82, 2.24) is 35.1 Å². The zero-order valence-electron chi connectivity index (χ0n) is 43.6. The second-order valence-electron chi connectivity index (χ2n) is 20.4. The first-order valence-corrected chi connectivity index (χ1v) is 28.4. The molecule has 1 atom stereocenters. The first-order valence-electron chi connectivity index (χ1n) is 26.4. The van der Waals surface area contributed by atoms with Crippen LogP contribution in [-0.4, -0.2) is 133 Å². The van der Waals surface area contributed by atoms with Crippen molar-refractivity contribution in [3.8, 4) is 5.75 Å². The summed E-state index contributed by atoms with van der Waals surface area (Å²) in [5, 5.41) is 12.9. The molecule has 5 heterocycles. The molecule has 0 unspecified atom stereocenters. The van der Waals surface area contributed by atoms with Gasteiger partial charge >= 0.3 is 0 Å².